The molecular formula is C24H24F2N4O5S. The van der Waals surface area contributed by atoms with Crippen LogP contribution in [0.4, 0.5) is 8.78 Å². The van der Waals surface area contributed by atoms with Crippen LogP contribution in [0.2, 0.25) is 0 Å². The lowest BCUT2D eigenvalue weighted by Crippen LogP contribution is -2.31. The Hall–Kier alpha value is -3.80. The zero-order valence-electron chi connectivity index (χ0n) is 20.0. The van der Waals surface area contributed by atoms with Crippen LogP contribution < -0.4 is 15.2 Å². The molecule has 0 radical (unpaired) electrons. The van der Waals surface area contributed by atoms with Crippen molar-refractivity contribution in [3.8, 4) is 22.8 Å². The van der Waals surface area contributed by atoms with Crippen molar-refractivity contribution in [1.29, 1.82) is 0 Å². The van der Waals surface area contributed by atoms with Gasteiger partial charge in [-0.25, -0.2) is 32.0 Å². The van der Waals surface area contributed by atoms with Crippen LogP contribution in [0, 0.1) is 11.6 Å². The zero-order valence-corrected chi connectivity index (χ0v) is 20.8. The van der Waals surface area contributed by atoms with E-state index in [-0.39, 0.29) is 28.3 Å². The summed E-state index contributed by atoms with van der Waals surface area (Å²) in [6.45, 7) is 2.05. The first-order valence-electron chi connectivity index (χ1n) is 10.9. The first-order valence-corrected chi connectivity index (χ1v) is 13.0. The summed E-state index contributed by atoms with van der Waals surface area (Å²) in [7, 11) is -0.663. The van der Waals surface area contributed by atoms with Crippen molar-refractivity contribution in [3.05, 3.63) is 70.4 Å². The van der Waals surface area contributed by atoms with Crippen LogP contribution >= 0.6 is 0 Å². The van der Waals surface area contributed by atoms with Gasteiger partial charge in [0.25, 0.3) is 5.88 Å². The number of methoxy groups -OCH3 is 1. The van der Waals surface area contributed by atoms with E-state index in [1.165, 1.54) is 35.6 Å². The summed E-state index contributed by atoms with van der Waals surface area (Å²) in [5.41, 5.74) is 0.397. The molecule has 0 aliphatic carbocycles. The Bertz CT molecular complexity index is 1620. The average molecular weight is 519 g/mol. The van der Waals surface area contributed by atoms with Crippen LogP contribution in [0.3, 0.4) is 0 Å². The Kier molecular flexibility index (Phi) is 6.81. The van der Waals surface area contributed by atoms with Crippen molar-refractivity contribution >= 4 is 21.0 Å². The van der Waals surface area contributed by atoms with Crippen molar-refractivity contribution in [2.24, 2.45) is 7.05 Å². The van der Waals surface area contributed by atoms with Crippen LogP contribution in [-0.4, -0.2) is 53.2 Å². The summed E-state index contributed by atoms with van der Waals surface area (Å²) < 4.78 is 66.2. The van der Waals surface area contributed by atoms with Crippen molar-refractivity contribution in [2.45, 2.75) is 13.0 Å². The smallest absolute Gasteiger partial charge is 0.330 e. The standard InChI is InChI=1S/C24H24F2N4O5S/c1-5-35-23-21(34-3)9-8-18(28-23)20(13-36(4,32)33)30-22-19(29(2)24(30)31)10-14(12-27-22)16-11-15(25)6-7-17(16)26/h6-12,20H,5,13H2,1-4H3/t20-/m1/s1. The highest BCUT2D eigenvalue weighted by molar-refractivity contribution is 7.90. The molecule has 0 fully saturated rings. The lowest BCUT2D eigenvalue weighted by molar-refractivity contribution is 0.296. The number of imidazole rings is 1. The number of nitrogens with zero attached hydrogens (tertiary/aromatic N) is 4. The van der Waals surface area contributed by atoms with E-state index in [2.05, 4.69) is 9.97 Å². The SMILES string of the molecule is CCOc1nc([C@@H](CS(C)(=O)=O)n2c(=O)n(C)c3cc(-c4cc(F)ccc4F)cnc32)ccc1OC. The highest BCUT2D eigenvalue weighted by Crippen LogP contribution is 2.31. The number of hydrogen-bond acceptors (Lipinski definition) is 7. The third kappa shape index (κ3) is 4.81. The molecule has 1 atom stereocenters. The number of aromatic nitrogens is 4. The third-order valence-corrected chi connectivity index (χ3v) is 6.55. The monoisotopic (exact) mass is 518 g/mol. The summed E-state index contributed by atoms with van der Waals surface area (Å²) in [6.07, 6.45) is 2.36. The molecule has 3 heterocycles. The molecule has 0 unspecified atom stereocenters. The molecular weight excluding hydrogens is 494 g/mol. The Balaban J connectivity index is 1.94. The molecule has 0 bridgehead atoms. The van der Waals surface area contributed by atoms with Crippen LogP contribution in [0.5, 0.6) is 11.6 Å². The number of pyridine rings is 2. The topological polar surface area (TPSA) is 105 Å². The second kappa shape index (κ2) is 9.69. The maximum atomic E-state index is 14.4. The molecule has 4 rings (SSSR count). The van der Waals surface area contributed by atoms with E-state index in [0.29, 0.717) is 17.9 Å². The average Bonchev–Trinajstić information content (AvgIpc) is 3.08. The normalized spacial score (nSPS) is 12.6. The van der Waals surface area contributed by atoms with E-state index in [1.54, 1.807) is 19.1 Å². The van der Waals surface area contributed by atoms with Gasteiger partial charge < -0.3 is 9.47 Å². The fourth-order valence-electron chi connectivity index (χ4n) is 3.98. The van der Waals surface area contributed by atoms with Crippen molar-refractivity contribution in [3.63, 3.8) is 0 Å². The van der Waals surface area contributed by atoms with E-state index in [0.717, 1.165) is 24.5 Å². The summed E-state index contributed by atoms with van der Waals surface area (Å²) in [4.78, 5) is 22.2. The lowest BCUT2D eigenvalue weighted by Gasteiger charge is -2.19. The Labute approximate surface area is 205 Å². The number of sulfone groups is 1. The van der Waals surface area contributed by atoms with E-state index in [1.807, 2.05) is 0 Å². The van der Waals surface area contributed by atoms with E-state index in [4.69, 9.17) is 9.47 Å². The van der Waals surface area contributed by atoms with Crippen molar-refractivity contribution in [2.75, 3.05) is 25.7 Å². The number of rotatable bonds is 8. The minimum absolute atomic E-state index is 0.0181. The second-order valence-electron chi connectivity index (χ2n) is 8.19. The van der Waals surface area contributed by atoms with Gasteiger partial charge in [0.15, 0.2) is 11.4 Å². The van der Waals surface area contributed by atoms with Crippen LogP contribution in [0.15, 0.2) is 47.4 Å². The fourth-order valence-corrected chi connectivity index (χ4v) is 4.88. The van der Waals surface area contributed by atoms with Crippen LogP contribution in [-0.2, 0) is 16.9 Å². The Morgan fingerprint density at radius 1 is 1.14 bits per heavy atom. The third-order valence-electron chi connectivity index (χ3n) is 5.63. The van der Waals surface area contributed by atoms with Gasteiger partial charge >= 0.3 is 5.69 Å². The zero-order chi connectivity index (χ0) is 26.2. The molecule has 0 aliphatic rings. The number of fused-ring (bicyclic) bond motifs is 1. The summed E-state index contributed by atoms with van der Waals surface area (Å²) >= 11 is 0. The molecule has 36 heavy (non-hydrogen) atoms. The summed E-state index contributed by atoms with van der Waals surface area (Å²) in [6, 6.07) is 6.64. The highest BCUT2D eigenvalue weighted by Gasteiger charge is 2.28. The fraction of sp³-hybridized carbons (Fsp3) is 0.292. The van der Waals surface area contributed by atoms with Gasteiger partial charge in [-0.3, -0.25) is 9.13 Å². The molecule has 190 valence electrons. The molecule has 0 N–H and O–H groups in total. The quantitative estimate of drug-likeness (QED) is 0.353. The van der Waals surface area contributed by atoms with Crippen LogP contribution in [0.1, 0.15) is 18.7 Å². The number of ether oxygens (including phenoxy) is 2. The van der Waals surface area contributed by atoms with E-state index in [9.17, 15) is 22.0 Å². The highest BCUT2D eigenvalue weighted by atomic mass is 32.2. The minimum Gasteiger partial charge on any atom is -0.491 e. The number of benzene rings is 1. The number of hydrogen-bond donors (Lipinski definition) is 0. The molecule has 3 aromatic heterocycles. The van der Waals surface area contributed by atoms with E-state index < -0.39 is 39.0 Å². The first kappa shape index (κ1) is 25.3. The van der Waals surface area contributed by atoms with Gasteiger partial charge in [0.1, 0.15) is 21.5 Å². The van der Waals surface area contributed by atoms with E-state index >= 15 is 0 Å². The molecule has 0 aliphatic heterocycles. The molecule has 12 heteroatoms. The minimum atomic E-state index is -3.60. The summed E-state index contributed by atoms with van der Waals surface area (Å²) in [5, 5.41) is 0. The first-order chi connectivity index (χ1) is 17.0. The van der Waals surface area contributed by atoms with Crippen molar-refractivity contribution in [1.82, 2.24) is 19.1 Å². The number of aryl methyl sites for hydroxylation is 1. The maximum Gasteiger partial charge on any atom is 0.330 e. The maximum absolute atomic E-state index is 14.4. The van der Waals surface area contributed by atoms with Crippen LogP contribution in [0.25, 0.3) is 22.3 Å². The van der Waals surface area contributed by atoms with Gasteiger partial charge in [-0.1, -0.05) is 0 Å². The van der Waals surface area contributed by atoms with Gasteiger partial charge in [0.05, 0.1) is 36.7 Å². The molecule has 0 amide bonds. The van der Waals surface area contributed by atoms with Gasteiger partial charge in [-0.05, 0) is 43.3 Å². The molecule has 0 saturated heterocycles. The van der Waals surface area contributed by atoms with Gasteiger partial charge in [-0.15, -0.1) is 0 Å². The van der Waals surface area contributed by atoms with Gasteiger partial charge in [-0.2, -0.15) is 0 Å². The molecule has 0 spiro atoms. The Morgan fingerprint density at radius 2 is 1.89 bits per heavy atom. The molecule has 0 saturated carbocycles. The van der Waals surface area contributed by atoms with Gasteiger partial charge in [0.2, 0.25) is 0 Å². The lowest BCUT2D eigenvalue weighted by atomic mass is 10.1. The summed E-state index contributed by atoms with van der Waals surface area (Å²) in [5.74, 6) is -1.21. The molecule has 4 aromatic rings. The Morgan fingerprint density at radius 3 is 2.56 bits per heavy atom. The predicted molar refractivity (Wildman–Crippen MR) is 130 cm³/mol. The van der Waals surface area contributed by atoms with Crippen molar-refractivity contribution < 1.29 is 26.7 Å². The van der Waals surface area contributed by atoms with Gasteiger partial charge in [0, 0.05) is 30.6 Å². The second-order valence-corrected chi connectivity index (χ2v) is 10.4. The molecule has 1 aromatic carbocycles. The largest absolute Gasteiger partial charge is 0.491 e. The number of halogens is 2. The predicted octanol–water partition coefficient (Wildman–Crippen LogP) is 3.12. The molecule has 9 nitrogen and oxygen atoms in total.